The number of anilines is 1. The van der Waals surface area contributed by atoms with Crippen LogP contribution in [-0.2, 0) is 11.0 Å². The fraction of sp³-hybridized carbons (Fsp3) is 0.444. The molecule has 3 rings (SSSR count). The number of rotatable bonds is 7. The molecule has 30 heavy (non-hydrogen) atoms. The van der Waals surface area contributed by atoms with Crippen molar-refractivity contribution in [2.24, 2.45) is 0 Å². The van der Waals surface area contributed by atoms with Crippen LogP contribution >= 0.6 is 11.6 Å². The van der Waals surface area contributed by atoms with Crippen LogP contribution in [0.25, 0.3) is 0 Å². The van der Waals surface area contributed by atoms with Crippen molar-refractivity contribution in [3.63, 3.8) is 0 Å². The molecule has 1 aliphatic carbocycles. The number of alkyl halides is 3. The van der Waals surface area contributed by atoms with Gasteiger partial charge in [0, 0.05) is 5.92 Å². The van der Waals surface area contributed by atoms with E-state index in [9.17, 15) is 28.1 Å². The third-order valence-electron chi connectivity index (χ3n) is 4.60. The van der Waals surface area contributed by atoms with Crippen LogP contribution in [0.2, 0.25) is 5.02 Å². The molecule has 1 aliphatic rings. The smallest absolute Gasteiger partial charge is 0.436 e. The minimum absolute atomic E-state index is 0.109. The molecule has 12 heteroatoms. The molecule has 1 aromatic carbocycles. The molecule has 2 aromatic rings. The number of nitro benzene ring substituents is 1. The summed E-state index contributed by atoms with van der Waals surface area (Å²) < 4.78 is 45.9. The Hall–Kier alpha value is -2.82. The number of carbonyl (C=O) groups is 1. The first-order valence-electron chi connectivity index (χ1n) is 9.11. The van der Waals surface area contributed by atoms with E-state index in [4.69, 9.17) is 16.3 Å². The highest BCUT2D eigenvalue weighted by atomic mass is 35.5. The molecule has 8 nitrogen and oxygen atoms in total. The number of hydrogen-bond donors (Lipinski definition) is 1. The Morgan fingerprint density at radius 2 is 2.13 bits per heavy atom. The summed E-state index contributed by atoms with van der Waals surface area (Å²) in [6.45, 7) is 3.36. The van der Waals surface area contributed by atoms with Crippen LogP contribution in [0.5, 0.6) is 5.75 Å². The van der Waals surface area contributed by atoms with Crippen molar-refractivity contribution in [1.29, 1.82) is 0 Å². The summed E-state index contributed by atoms with van der Waals surface area (Å²) >= 11 is 5.93. The molecule has 1 amide bonds. The lowest BCUT2D eigenvalue weighted by molar-refractivity contribution is -0.384. The number of hydrogen-bond acceptors (Lipinski definition) is 5. The van der Waals surface area contributed by atoms with E-state index in [1.54, 1.807) is 6.92 Å². The van der Waals surface area contributed by atoms with Crippen LogP contribution in [0, 0.1) is 10.1 Å². The van der Waals surface area contributed by atoms with E-state index in [1.807, 2.05) is 0 Å². The van der Waals surface area contributed by atoms with Gasteiger partial charge in [0.05, 0.1) is 28.3 Å². The SMILES string of the molecule is CCOc1ccc(NC(=O)C(C)n2nc(C(F)(F)F)c(Cl)c2C2CC2)c([N+](=O)[O-])c1. The molecule has 1 atom stereocenters. The molecule has 1 heterocycles. The molecule has 1 fully saturated rings. The number of nitro groups is 1. The number of nitrogens with one attached hydrogen (secondary N) is 1. The average Bonchev–Trinajstić information content (AvgIpc) is 3.43. The molecular weight excluding hydrogens is 429 g/mol. The molecule has 0 bridgehead atoms. The summed E-state index contributed by atoms with van der Waals surface area (Å²) in [5.74, 6) is -0.729. The highest BCUT2D eigenvalue weighted by molar-refractivity contribution is 6.32. The van der Waals surface area contributed by atoms with Gasteiger partial charge in [-0.1, -0.05) is 11.6 Å². The summed E-state index contributed by atoms with van der Waals surface area (Å²) in [7, 11) is 0. The zero-order valence-corrected chi connectivity index (χ0v) is 16.8. The minimum Gasteiger partial charge on any atom is -0.494 e. The predicted molar refractivity (Wildman–Crippen MR) is 102 cm³/mol. The Kier molecular flexibility index (Phi) is 5.93. The van der Waals surface area contributed by atoms with Crippen LogP contribution in [0.4, 0.5) is 24.5 Å². The molecule has 1 aromatic heterocycles. The second-order valence-corrected chi connectivity index (χ2v) is 7.18. The normalized spacial score (nSPS) is 15.0. The van der Waals surface area contributed by atoms with Gasteiger partial charge in [-0.2, -0.15) is 18.3 Å². The van der Waals surface area contributed by atoms with Crippen LogP contribution in [0.15, 0.2) is 18.2 Å². The van der Waals surface area contributed by atoms with Crippen molar-refractivity contribution in [1.82, 2.24) is 9.78 Å². The maximum atomic E-state index is 13.2. The second kappa shape index (κ2) is 8.13. The predicted octanol–water partition coefficient (Wildman–Crippen LogP) is 4.94. The summed E-state index contributed by atoms with van der Waals surface area (Å²) in [6, 6.07) is 2.72. The molecule has 0 aliphatic heterocycles. The monoisotopic (exact) mass is 446 g/mol. The highest BCUT2D eigenvalue weighted by Gasteiger charge is 2.43. The molecule has 1 saturated carbocycles. The van der Waals surface area contributed by atoms with Crippen molar-refractivity contribution in [3.8, 4) is 5.75 Å². The van der Waals surface area contributed by atoms with E-state index in [0.717, 1.165) is 10.7 Å². The number of benzene rings is 1. The summed E-state index contributed by atoms with van der Waals surface area (Å²) in [4.78, 5) is 23.4. The van der Waals surface area contributed by atoms with Gasteiger partial charge in [-0.3, -0.25) is 19.6 Å². The zero-order chi connectivity index (χ0) is 22.2. The lowest BCUT2D eigenvalue weighted by atomic mass is 10.2. The molecule has 0 saturated heterocycles. The summed E-state index contributed by atoms with van der Waals surface area (Å²) in [6.07, 6.45) is -3.49. The third kappa shape index (κ3) is 4.35. The van der Waals surface area contributed by atoms with Gasteiger partial charge in [-0.25, -0.2) is 0 Å². The Balaban J connectivity index is 1.91. The van der Waals surface area contributed by atoms with E-state index in [0.29, 0.717) is 19.4 Å². The van der Waals surface area contributed by atoms with Crippen LogP contribution in [0.3, 0.4) is 0 Å². The molecule has 1 unspecified atom stereocenters. The fourth-order valence-corrected chi connectivity index (χ4v) is 3.39. The Morgan fingerprint density at radius 1 is 1.47 bits per heavy atom. The van der Waals surface area contributed by atoms with Gasteiger partial charge in [0.2, 0.25) is 5.91 Å². The first kappa shape index (κ1) is 21.9. The zero-order valence-electron chi connectivity index (χ0n) is 16.0. The van der Waals surface area contributed by atoms with E-state index in [2.05, 4.69) is 10.4 Å². The Morgan fingerprint density at radius 3 is 2.67 bits per heavy atom. The van der Waals surface area contributed by atoms with E-state index >= 15 is 0 Å². The second-order valence-electron chi connectivity index (χ2n) is 6.80. The van der Waals surface area contributed by atoms with E-state index < -0.39 is 39.5 Å². The average molecular weight is 447 g/mol. The summed E-state index contributed by atoms with van der Waals surface area (Å²) in [5.41, 5.74) is -1.62. The number of aromatic nitrogens is 2. The standard InChI is InChI=1S/C18H18ClF3N4O4/c1-3-30-11-6-7-12(13(8-11)26(28)29)23-17(27)9(2)25-15(10-4-5-10)14(19)16(24-25)18(20,21)22/h6-10H,3-5H2,1-2H3,(H,23,27). The van der Waals surface area contributed by atoms with Crippen LogP contribution in [-0.4, -0.2) is 27.2 Å². The van der Waals surface area contributed by atoms with Crippen molar-refractivity contribution >= 4 is 28.9 Å². The molecular formula is C18H18ClF3N4O4. The van der Waals surface area contributed by atoms with Crippen molar-refractivity contribution in [3.05, 3.63) is 44.7 Å². The van der Waals surface area contributed by atoms with Gasteiger partial charge in [-0.15, -0.1) is 0 Å². The molecule has 1 N–H and O–H groups in total. The van der Waals surface area contributed by atoms with Crippen molar-refractivity contribution in [2.45, 2.75) is 44.8 Å². The first-order valence-corrected chi connectivity index (χ1v) is 9.49. The fourth-order valence-electron chi connectivity index (χ4n) is 3.00. The number of nitrogens with zero attached hydrogens (tertiary/aromatic N) is 3. The lowest BCUT2D eigenvalue weighted by Crippen LogP contribution is -2.26. The maximum Gasteiger partial charge on any atom is 0.436 e. The number of carbonyl (C=O) groups excluding carboxylic acids is 1. The number of amides is 1. The van der Waals surface area contributed by atoms with Crippen molar-refractivity contribution in [2.75, 3.05) is 11.9 Å². The van der Waals surface area contributed by atoms with Crippen LogP contribution in [0.1, 0.15) is 50.0 Å². The Labute approximate surface area is 174 Å². The quantitative estimate of drug-likeness (QED) is 0.479. The van der Waals surface area contributed by atoms with Crippen molar-refractivity contribution < 1.29 is 27.6 Å². The van der Waals surface area contributed by atoms with Gasteiger partial charge in [0.1, 0.15) is 17.5 Å². The van der Waals surface area contributed by atoms with Gasteiger partial charge in [0.15, 0.2) is 5.69 Å². The Bertz CT molecular complexity index is 989. The van der Waals surface area contributed by atoms with Gasteiger partial charge in [-0.05, 0) is 38.8 Å². The lowest BCUT2D eigenvalue weighted by Gasteiger charge is -2.16. The van der Waals surface area contributed by atoms with E-state index in [1.165, 1.54) is 19.1 Å². The highest BCUT2D eigenvalue weighted by Crippen LogP contribution is 2.47. The minimum atomic E-state index is -4.77. The largest absolute Gasteiger partial charge is 0.494 e. The summed E-state index contributed by atoms with van der Waals surface area (Å²) in [5, 5.41) is 16.8. The molecule has 0 spiro atoms. The maximum absolute atomic E-state index is 13.2. The van der Waals surface area contributed by atoms with Gasteiger partial charge < -0.3 is 10.1 Å². The topological polar surface area (TPSA) is 99.3 Å². The van der Waals surface area contributed by atoms with Gasteiger partial charge >= 0.3 is 6.18 Å². The molecule has 162 valence electrons. The molecule has 0 radical (unpaired) electrons. The first-order chi connectivity index (χ1) is 14.0. The number of ether oxygens (including phenoxy) is 1. The third-order valence-corrected chi connectivity index (χ3v) is 4.97. The van der Waals surface area contributed by atoms with Crippen LogP contribution < -0.4 is 10.1 Å². The number of halogens is 4. The van der Waals surface area contributed by atoms with E-state index in [-0.39, 0.29) is 23.0 Å². The van der Waals surface area contributed by atoms with Gasteiger partial charge in [0.25, 0.3) is 5.69 Å².